The number of amides is 2. The number of nitrogens with zero attached hydrogens (tertiary/aromatic N) is 2. The summed E-state index contributed by atoms with van der Waals surface area (Å²) in [5.41, 5.74) is 0. The Morgan fingerprint density at radius 1 is 1.16 bits per heavy atom. The first-order valence-corrected chi connectivity index (χ1v) is 6.17. The van der Waals surface area contributed by atoms with E-state index in [1.165, 1.54) is 0 Å². The highest BCUT2D eigenvalue weighted by molar-refractivity contribution is 5.76. The van der Waals surface area contributed by atoms with Gasteiger partial charge >= 0.3 is 18.0 Å². The van der Waals surface area contributed by atoms with Crippen LogP contribution in [0, 0.1) is 0 Å². The Bertz CT molecular complexity index is 329. The molecule has 1 rings (SSSR count). The largest absolute Gasteiger partial charge is 0.481 e. The van der Waals surface area contributed by atoms with Gasteiger partial charge in [-0.15, -0.1) is 0 Å². The van der Waals surface area contributed by atoms with Crippen LogP contribution < -0.4 is 5.32 Å². The third kappa shape index (κ3) is 6.05. The summed E-state index contributed by atoms with van der Waals surface area (Å²) in [6.45, 7) is 2.78. The van der Waals surface area contributed by atoms with Crippen LogP contribution in [-0.2, 0) is 9.59 Å². The van der Waals surface area contributed by atoms with Gasteiger partial charge < -0.3 is 25.3 Å². The maximum atomic E-state index is 11.3. The Morgan fingerprint density at radius 2 is 1.74 bits per heavy atom. The molecule has 1 fully saturated rings. The van der Waals surface area contributed by atoms with Crippen molar-refractivity contribution < 1.29 is 24.6 Å². The summed E-state index contributed by atoms with van der Waals surface area (Å²) < 4.78 is 0. The number of carboxylic acids is 2. The van der Waals surface area contributed by atoms with Crippen LogP contribution >= 0.6 is 0 Å². The van der Waals surface area contributed by atoms with E-state index in [4.69, 9.17) is 10.2 Å². The van der Waals surface area contributed by atoms with Crippen LogP contribution in [0.1, 0.15) is 12.8 Å². The van der Waals surface area contributed by atoms with Gasteiger partial charge in [0.25, 0.3) is 0 Å². The molecule has 1 saturated heterocycles. The fourth-order valence-electron chi connectivity index (χ4n) is 1.83. The van der Waals surface area contributed by atoms with E-state index in [0.717, 1.165) is 0 Å². The van der Waals surface area contributed by atoms with Crippen LogP contribution in [0.2, 0.25) is 0 Å². The number of aliphatic carboxylic acids is 2. The van der Waals surface area contributed by atoms with Gasteiger partial charge in [-0.2, -0.15) is 0 Å². The minimum Gasteiger partial charge on any atom is -0.481 e. The van der Waals surface area contributed by atoms with Crippen molar-refractivity contribution in [2.75, 3.05) is 39.3 Å². The van der Waals surface area contributed by atoms with Crippen molar-refractivity contribution in [1.29, 1.82) is 0 Å². The summed E-state index contributed by atoms with van der Waals surface area (Å²) in [6, 6.07) is -0.128. The SMILES string of the molecule is O=C(O)CCN(CCC(=O)O)CCN1CCNC1=O. The molecule has 0 aromatic carbocycles. The molecule has 8 heteroatoms. The highest BCUT2D eigenvalue weighted by Crippen LogP contribution is 2.00. The van der Waals surface area contributed by atoms with Gasteiger partial charge in [-0.05, 0) is 0 Å². The van der Waals surface area contributed by atoms with Crippen LogP contribution in [0.25, 0.3) is 0 Å². The van der Waals surface area contributed by atoms with Gasteiger partial charge in [0.15, 0.2) is 0 Å². The zero-order valence-corrected chi connectivity index (χ0v) is 10.7. The molecule has 0 atom stereocenters. The minimum absolute atomic E-state index is 0.0359. The molecule has 0 aromatic rings. The van der Waals surface area contributed by atoms with E-state index in [1.54, 1.807) is 9.80 Å². The van der Waals surface area contributed by atoms with Gasteiger partial charge in [0, 0.05) is 39.3 Å². The van der Waals surface area contributed by atoms with Gasteiger partial charge in [0.1, 0.15) is 0 Å². The number of rotatable bonds is 9. The Balaban J connectivity index is 2.35. The molecular formula is C11H19N3O5. The maximum absolute atomic E-state index is 11.3. The van der Waals surface area contributed by atoms with Crippen LogP contribution in [0.15, 0.2) is 0 Å². The molecular weight excluding hydrogens is 254 g/mol. The molecule has 0 aliphatic carbocycles. The molecule has 19 heavy (non-hydrogen) atoms. The van der Waals surface area contributed by atoms with Crippen LogP contribution in [0.4, 0.5) is 4.79 Å². The number of carboxylic acid groups (broad SMARTS) is 2. The van der Waals surface area contributed by atoms with Crippen LogP contribution in [0.3, 0.4) is 0 Å². The Hall–Kier alpha value is -1.83. The minimum atomic E-state index is -0.917. The van der Waals surface area contributed by atoms with Crippen LogP contribution in [0.5, 0.6) is 0 Å². The molecule has 0 bridgehead atoms. The molecule has 0 aromatic heterocycles. The topological polar surface area (TPSA) is 110 Å². The second-order valence-electron chi connectivity index (χ2n) is 4.35. The fraction of sp³-hybridized carbons (Fsp3) is 0.727. The summed E-state index contributed by atoms with van der Waals surface area (Å²) in [5.74, 6) is -1.83. The maximum Gasteiger partial charge on any atom is 0.317 e. The summed E-state index contributed by atoms with van der Waals surface area (Å²) in [7, 11) is 0. The summed E-state index contributed by atoms with van der Waals surface area (Å²) in [5, 5.41) is 20.0. The summed E-state index contributed by atoms with van der Waals surface area (Å²) in [4.78, 5) is 35.8. The van der Waals surface area contributed by atoms with Gasteiger partial charge in [-0.25, -0.2) is 4.79 Å². The quantitative estimate of drug-likeness (QED) is 0.510. The molecule has 1 aliphatic heterocycles. The Morgan fingerprint density at radius 3 is 2.16 bits per heavy atom. The second-order valence-corrected chi connectivity index (χ2v) is 4.35. The molecule has 3 N–H and O–H groups in total. The van der Waals surface area contributed by atoms with E-state index >= 15 is 0 Å². The van der Waals surface area contributed by atoms with E-state index in [-0.39, 0.29) is 32.0 Å². The van der Waals surface area contributed by atoms with Crippen molar-refractivity contribution in [1.82, 2.24) is 15.1 Å². The van der Waals surface area contributed by atoms with E-state index < -0.39 is 11.9 Å². The van der Waals surface area contributed by atoms with Gasteiger partial charge in [-0.1, -0.05) is 0 Å². The van der Waals surface area contributed by atoms with Gasteiger partial charge in [0.05, 0.1) is 12.8 Å². The molecule has 1 heterocycles. The highest BCUT2D eigenvalue weighted by Gasteiger charge is 2.20. The van der Waals surface area contributed by atoms with Gasteiger partial charge in [-0.3, -0.25) is 9.59 Å². The number of hydrogen-bond donors (Lipinski definition) is 3. The summed E-state index contributed by atoms with van der Waals surface area (Å²) in [6.07, 6.45) is -0.0718. The van der Waals surface area contributed by atoms with E-state index in [1.807, 2.05) is 0 Å². The van der Waals surface area contributed by atoms with Crippen molar-refractivity contribution in [2.45, 2.75) is 12.8 Å². The third-order valence-corrected chi connectivity index (χ3v) is 2.92. The van der Waals surface area contributed by atoms with Crippen molar-refractivity contribution in [3.05, 3.63) is 0 Å². The standard InChI is InChI=1S/C11H19N3O5/c15-9(16)1-4-13(5-2-10(17)18)7-8-14-6-3-12-11(14)19/h1-8H2,(H,12,19)(H,15,16)(H,17,18). The van der Waals surface area contributed by atoms with Crippen molar-refractivity contribution >= 4 is 18.0 Å². The molecule has 1 aliphatic rings. The zero-order chi connectivity index (χ0) is 14.3. The lowest BCUT2D eigenvalue weighted by atomic mass is 10.3. The van der Waals surface area contributed by atoms with E-state index in [2.05, 4.69) is 5.32 Å². The predicted octanol–water partition coefficient (Wildman–Crippen LogP) is -0.737. The number of carbonyl (C=O) groups is 3. The lowest BCUT2D eigenvalue weighted by molar-refractivity contribution is -0.137. The number of urea groups is 1. The summed E-state index contributed by atoms with van der Waals surface area (Å²) >= 11 is 0. The van der Waals surface area contributed by atoms with Crippen molar-refractivity contribution in [2.24, 2.45) is 0 Å². The van der Waals surface area contributed by atoms with Crippen molar-refractivity contribution in [3.63, 3.8) is 0 Å². The predicted molar refractivity (Wildman–Crippen MR) is 65.9 cm³/mol. The number of nitrogens with one attached hydrogen (secondary N) is 1. The lowest BCUT2D eigenvalue weighted by Gasteiger charge is -2.23. The smallest absolute Gasteiger partial charge is 0.317 e. The number of hydrogen-bond acceptors (Lipinski definition) is 4. The average Bonchev–Trinajstić information content (AvgIpc) is 2.73. The first-order valence-electron chi connectivity index (χ1n) is 6.17. The monoisotopic (exact) mass is 273 g/mol. The average molecular weight is 273 g/mol. The third-order valence-electron chi connectivity index (χ3n) is 2.92. The molecule has 0 saturated carbocycles. The van der Waals surface area contributed by atoms with Crippen molar-refractivity contribution in [3.8, 4) is 0 Å². The van der Waals surface area contributed by atoms with Crippen LogP contribution in [-0.4, -0.2) is 77.3 Å². The molecule has 108 valence electrons. The normalized spacial score (nSPS) is 14.8. The van der Waals surface area contributed by atoms with E-state index in [0.29, 0.717) is 26.2 Å². The lowest BCUT2D eigenvalue weighted by Crippen LogP contribution is -2.38. The first-order chi connectivity index (χ1) is 8.99. The molecule has 0 radical (unpaired) electrons. The Kier molecular flexibility index (Phi) is 6.07. The second kappa shape index (κ2) is 7.57. The zero-order valence-electron chi connectivity index (χ0n) is 10.7. The Labute approximate surface area is 111 Å². The first kappa shape index (κ1) is 15.2. The fourth-order valence-corrected chi connectivity index (χ4v) is 1.83. The highest BCUT2D eigenvalue weighted by atomic mass is 16.4. The molecule has 8 nitrogen and oxygen atoms in total. The number of carbonyl (C=O) groups excluding carboxylic acids is 1. The molecule has 0 unspecified atom stereocenters. The van der Waals surface area contributed by atoms with Gasteiger partial charge in [0.2, 0.25) is 0 Å². The molecule has 0 spiro atoms. The molecule has 2 amide bonds. The van der Waals surface area contributed by atoms with E-state index in [9.17, 15) is 14.4 Å².